The van der Waals surface area contributed by atoms with E-state index in [-0.39, 0.29) is 6.04 Å². The Bertz CT molecular complexity index is 376. The monoisotopic (exact) mass is 317 g/mol. The van der Waals surface area contributed by atoms with Gasteiger partial charge in [0, 0.05) is 22.1 Å². The first kappa shape index (κ1) is 15.0. The molecule has 0 bridgehead atoms. The van der Waals surface area contributed by atoms with Crippen molar-refractivity contribution < 1.29 is 0 Å². The van der Waals surface area contributed by atoms with Crippen molar-refractivity contribution in [3.8, 4) is 0 Å². The third-order valence-corrected chi connectivity index (χ3v) is 4.09. The molecule has 0 heterocycles. The van der Waals surface area contributed by atoms with Gasteiger partial charge in [0.05, 0.1) is 0 Å². The molecule has 0 aliphatic carbocycles. The molecule has 17 heavy (non-hydrogen) atoms. The van der Waals surface area contributed by atoms with E-state index < -0.39 is 0 Å². The summed E-state index contributed by atoms with van der Waals surface area (Å²) in [6.45, 7) is 9.92. The molecule has 1 nitrogen and oxygen atoms in total. The average molecular weight is 319 g/mol. The zero-order chi connectivity index (χ0) is 13.1. The van der Waals surface area contributed by atoms with Crippen LogP contribution in [0, 0.1) is 5.41 Å². The van der Waals surface area contributed by atoms with E-state index in [0.717, 1.165) is 21.6 Å². The van der Waals surface area contributed by atoms with Gasteiger partial charge in [0.15, 0.2) is 0 Å². The molecule has 0 spiro atoms. The maximum Gasteiger partial charge on any atom is 0.0464 e. The Morgan fingerprint density at radius 1 is 1.41 bits per heavy atom. The van der Waals surface area contributed by atoms with Gasteiger partial charge in [-0.05, 0) is 36.5 Å². The fourth-order valence-electron chi connectivity index (χ4n) is 1.52. The minimum Gasteiger partial charge on any atom is -0.310 e. The van der Waals surface area contributed by atoms with Crippen LogP contribution >= 0.6 is 27.5 Å². The second-order valence-electron chi connectivity index (χ2n) is 5.29. The van der Waals surface area contributed by atoms with Gasteiger partial charge in [-0.1, -0.05) is 54.4 Å². The molecule has 0 radical (unpaired) electrons. The first-order valence-electron chi connectivity index (χ1n) is 6.04. The number of hydrogen-bond donors (Lipinski definition) is 1. The van der Waals surface area contributed by atoms with Crippen LogP contribution in [0.4, 0.5) is 0 Å². The standard InChI is InChI=1S/C14H21BrClN/c1-5-14(3,4)9-17-10(2)12-7-6-11(15)8-13(12)16/h6-8,10,17H,5,9H2,1-4H3. The fourth-order valence-corrected chi connectivity index (χ4v) is 2.35. The van der Waals surface area contributed by atoms with Gasteiger partial charge in [-0.25, -0.2) is 0 Å². The second kappa shape index (κ2) is 6.21. The van der Waals surface area contributed by atoms with Gasteiger partial charge < -0.3 is 5.32 Å². The molecule has 96 valence electrons. The quantitative estimate of drug-likeness (QED) is 0.788. The minimum absolute atomic E-state index is 0.279. The molecule has 0 aliphatic heterocycles. The van der Waals surface area contributed by atoms with Gasteiger partial charge in [0.2, 0.25) is 0 Å². The van der Waals surface area contributed by atoms with Gasteiger partial charge in [0.25, 0.3) is 0 Å². The zero-order valence-electron chi connectivity index (χ0n) is 11.0. The molecule has 0 aliphatic rings. The Balaban J connectivity index is 2.67. The third kappa shape index (κ3) is 4.61. The largest absolute Gasteiger partial charge is 0.310 e. The highest BCUT2D eigenvalue weighted by Crippen LogP contribution is 2.27. The summed E-state index contributed by atoms with van der Waals surface area (Å²) in [5.74, 6) is 0. The highest BCUT2D eigenvalue weighted by molar-refractivity contribution is 9.10. The maximum absolute atomic E-state index is 6.24. The van der Waals surface area contributed by atoms with Crippen LogP contribution in [-0.2, 0) is 0 Å². The number of nitrogens with one attached hydrogen (secondary N) is 1. The van der Waals surface area contributed by atoms with Crippen LogP contribution in [0.3, 0.4) is 0 Å². The summed E-state index contributed by atoms with van der Waals surface area (Å²) in [6.07, 6.45) is 1.17. The summed E-state index contributed by atoms with van der Waals surface area (Å²) in [5, 5.41) is 4.36. The van der Waals surface area contributed by atoms with E-state index in [1.807, 2.05) is 12.1 Å². The van der Waals surface area contributed by atoms with E-state index >= 15 is 0 Å². The predicted molar refractivity (Wildman–Crippen MR) is 79.6 cm³/mol. The van der Waals surface area contributed by atoms with Crippen molar-refractivity contribution in [1.82, 2.24) is 5.32 Å². The molecule has 0 saturated carbocycles. The van der Waals surface area contributed by atoms with Gasteiger partial charge in [-0.15, -0.1) is 0 Å². The highest BCUT2D eigenvalue weighted by Gasteiger charge is 2.17. The van der Waals surface area contributed by atoms with E-state index in [9.17, 15) is 0 Å². The number of benzene rings is 1. The van der Waals surface area contributed by atoms with Gasteiger partial charge >= 0.3 is 0 Å². The lowest BCUT2D eigenvalue weighted by molar-refractivity contribution is 0.314. The molecular weight excluding hydrogens is 298 g/mol. The highest BCUT2D eigenvalue weighted by atomic mass is 79.9. The van der Waals surface area contributed by atoms with Crippen LogP contribution in [-0.4, -0.2) is 6.54 Å². The fraction of sp³-hybridized carbons (Fsp3) is 0.571. The Morgan fingerprint density at radius 3 is 2.59 bits per heavy atom. The van der Waals surface area contributed by atoms with Crippen LogP contribution in [0.1, 0.15) is 45.7 Å². The molecule has 3 heteroatoms. The average Bonchev–Trinajstić information content (AvgIpc) is 2.26. The molecule has 1 N–H and O–H groups in total. The Hall–Kier alpha value is -0.0500. The zero-order valence-corrected chi connectivity index (χ0v) is 13.3. The Morgan fingerprint density at radius 2 is 2.06 bits per heavy atom. The first-order valence-corrected chi connectivity index (χ1v) is 7.21. The van der Waals surface area contributed by atoms with Crippen molar-refractivity contribution in [2.45, 2.75) is 40.2 Å². The summed E-state index contributed by atoms with van der Waals surface area (Å²) in [6, 6.07) is 6.33. The SMILES string of the molecule is CCC(C)(C)CNC(C)c1ccc(Br)cc1Cl. The first-order chi connectivity index (χ1) is 7.85. The van der Waals surface area contributed by atoms with E-state index in [4.69, 9.17) is 11.6 Å². The summed E-state index contributed by atoms with van der Waals surface area (Å²) < 4.78 is 1.02. The lowest BCUT2D eigenvalue weighted by Crippen LogP contribution is -2.30. The van der Waals surface area contributed by atoms with Crippen LogP contribution in [0.5, 0.6) is 0 Å². The Kier molecular flexibility index (Phi) is 5.49. The predicted octanol–water partition coefficient (Wildman–Crippen LogP) is 5.19. The molecule has 0 saturated heterocycles. The van der Waals surface area contributed by atoms with Crippen LogP contribution in [0.15, 0.2) is 22.7 Å². The lowest BCUT2D eigenvalue weighted by atomic mass is 9.90. The molecular formula is C14H21BrClN. The molecule has 1 rings (SSSR count). The van der Waals surface area contributed by atoms with Crippen molar-refractivity contribution in [1.29, 1.82) is 0 Å². The normalized spacial score (nSPS) is 13.8. The lowest BCUT2D eigenvalue weighted by Gasteiger charge is -2.26. The Labute approximate surface area is 118 Å². The van der Waals surface area contributed by atoms with Crippen molar-refractivity contribution in [2.24, 2.45) is 5.41 Å². The second-order valence-corrected chi connectivity index (χ2v) is 6.61. The number of halogens is 2. The van der Waals surface area contributed by atoms with Crippen molar-refractivity contribution in [3.63, 3.8) is 0 Å². The van der Waals surface area contributed by atoms with Crippen molar-refractivity contribution in [3.05, 3.63) is 33.3 Å². The van der Waals surface area contributed by atoms with E-state index in [0.29, 0.717) is 5.41 Å². The minimum atomic E-state index is 0.279. The third-order valence-electron chi connectivity index (χ3n) is 3.27. The molecule has 0 amide bonds. The summed E-state index contributed by atoms with van der Waals surface area (Å²) in [5.41, 5.74) is 1.48. The summed E-state index contributed by atoms with van der Waals surface area (Å²) >= 11 is 9.66. The smallest absolute Gasteiger partial charge is 0.0464 e. The number of hydrogen-bond acceptors (Lipinski definition) is 1. The van der Waals surface area contributed by atoms with Gasteiger partial charge in [0.1, 0.15) is 0 Å². The van der Waals surface area contributed by atoms with Crippen LogP contribution in [0.25, 0.3) is 0 Å². The van der Waals surface area contributed by atoms with Gasteiger partial charge in [-0.3, -0.25) is 0 Å². The van der Waals surface area contributed by atoms with Crippen LogP contribution < -0.4 is 5.32 Å². The molecule has 1 unspecified atom stereocenters. The van der Waals surface area contributed by atoms with Crippen LogP contribution in [0.2, 0.25) is 5.02 Å². The van der Waals surface area contributed by atoms with E-state index in [2.05, 4.69) is 55.0 Å². The molecule has 1 aromatic rings. The topological polar surface area (TPSA) is 12.0 Å². The molecule has 1 atom stereocenters. The maximum atomic E-state index is 6.24. The molecule has 0 aromatic heterocycles. The van der Waals surface area contributed by atoms with E-state index in [1.54, 1.807) is 0 Å². The summed E-state index contributed by atoms with van der Waals surface area (Å²) in [4.78, 5) is 0. The van der Waals surface area contributed by atoms with E-state index in [1.165, 1.54) is 6.42 Å². The molecule has 1 aromatic carbocycles. The molecule has 0 fully saturated rings. The van der Waals surface area contributed by atoms with Crippen molar-refractivity contribution >= 4 is 27.5 Å². The number of rotatable bonds is 5. The van der Waals surface area contributed by atoms with Crippen molar-refractivity contribution in [2.75, 3.05) is 6.54 Å². The summed E-state index contributed by atoms with van der Waals surface area (Å²) in [7, 11) is 0. The van der Waals surface area contributed by atoms with Gasteiger partial charge in [-0.2, -0.15) is 0 Å².